The van der Waals surface area contributed by atoms with E-state index in [2.05, 4.69) is 26.3 Å². The Kier molecular flexibility index (Phi) is 8.01. The maximum absolute atomic E-state index is 12.3. The Bertz CT molecular complexity index is 729. The van der Waals surface area contributed by atoms with Gasteiger partial charge in [0.1, 0.15) is 5.75 Å². The summed E-state index contributed by atoms with van der Waals surface area (Å²) in [6.45, 7) is 2.87. The first-order valence-corrected chi connectivity index (χ1v) is 10.7. The minimum atomic E-state index is -4.76. The van der Waals surface area contributed by atoms with E-state index in [4.69, 9.17) is 0 Å². The third kappa shape index (κ3) is 7.89. The molecule has 0 unspecified atom stereocenters. The molecule has 0 radical (unpaired) electrons. The van der Waals surface area contributed by atoms with E-state index in [-0.39, 0.29) is 17.5 Å². The number of allylic oxidation sites excluding steroid dienone is 1. The zero-order valence-electron chi connectivity index (χ0n) is 17.1. The molecule has 3 rings (SSSR count). The van der Waals surface area contributed by atoms with Crippen LogP contribution < -0.4 is 15.4 Å². The van der Waals surface area contributed by atoms with Crippen LogP contribution in [-0.4, -0.2) is 43.0 Å². The highest BCUT2D eigenvalue weighted by Gasteiger charge is 2.31. The van der Waals surface area contributed by atoms with Crippen LogP contribution in [-0.2, 0) is 0 Å². The van der Waals surface area contributed by atoms with Gasteiger partial charge in [0, 0.05) is 37.4 Å². The molecule has 5 nitrogen and oxygen atoms in total. The molecule has 2 amide bonds. The molecule has 0 atom stereocenters. The van der Waals surface area contributed by atoms with E-state index in [1.165, 1.54) is 56.7 Å². The van der Waals surface area contributed by atoms with Crippen LogP contribution in [0.1, 0.15) is 51.4 Å². The molecule has 0 spiro atoms. The zero-order valence-corrected chi connectivity index (χ0v) is 17.1. The molecular formula is C22H30F3N3O2. The van der Waals surface area contributed by atoms with Crippen molar-refractivity contribution in [3.63, 3.8) is 0 Å². The van der Waals surface area contributed by atoms with Crippen molar-refractivity contribution in [3.05, 3.63) is 35.9 Å². The first kappa shape index (κ1) is 22.5. The van der Waals surface area contributed by atoms with E-state index < -0.39 is 12.4 Å². The molecule has 2 N–H and O–H groups in total. The van der Waals surface area contributed by atoms with Gasteiger partial charge in [-0.3, -0.25) is 4.90 Å². The average molecular weight is 425 g/mol. The Labute approximate surface area is 175 Å². The van der Waals surface area contributed by atoms with Gasteiger partial charge in [0.15, 0.2) is 0 Å². The number of carbonyl (C=O) groups is 1. The van der Waals surface area contributed by atoms with E-state index >= 15 is 0 Å². The molecule has 1 saturated heterocycles. The first-order valence-electron chi connectivity index (χ1n) is 10.7. The van der Waals surface area contributed by atoms with E-state index in [0.29, 0.717) is 0 Å². The number of anilines is 1. The van der Waals surface area contributed by atoms with Gasteiger partial charge in [-0.2, -0.15) is 0 Å². The second-order valence-corrected chi connectivity index (χ2v) is 8.04. The second-order valence-electron chi connectivity index (χ2n) is 8.04. The van der Waals surface area contributed by atoms with Gasteiger partial charge in [-0.15, -0.1) is 13.2 Å². The molecule has 30 heavy (non-hydrogen) atoms. The number of nitrogens with one attached hydrogen (secondary N) is 2. The van der Waals surface area contributed by atoms with E-state index in [0.717, 1.165) is 38.5 Å². The van der Waals surface area contributed by atoms with Crippen LogP contribution in [0.3, 0.4) is 0 Å². The van der Waals surface area contributed by atoms with Crippen molar-refractivity contribution in [1.29, 1.82) is 0 Å². The van der Waals surface area contributed by atoms with Crippen molar-refractivity contribution in [2.45, 2.75) is 63.8 Å². The second kappa shape index (κ2) is 10.7. The van der Waals surface area contributed by atoms with E-state index in [1.54, 1.807) is 5.57 Å². The monoisotopic (exact) mass is 425 g/mol. The van der Waals surface area contributed by atoms with Gasteiger partial charge in [-0.05, 0) is 50.7 Å². The number of nitrogens with zero attached hydrogens (tertiary/aromatic N) is 1. The summed E-state index contributed by atoms with van der Waals surface area (Å²) < 4.78 is 40.9. The van der Waals surface area contributed by atoms with Gasteiger partial charge in [-0.1, -0.05) is 30.6 Å². The van der Waals surface area contributed by atoms with Gasteiger partial charge in [-0.25, -0.2) is 4.79 Å². The summed E-state index contributed by atoms with van der Waals surface area (Å²) in [4.78, 5) is 14.7. The highest BCUT2D eigenvalue weighted by molar-refractivity contribution is 5.89. The molecule has 8 heteroatoms. The lowest BCUT2D eigenvalue weighted by atomic mass is 9.98. The number of carbonyl (C=O) groups excluding carboxylic acids is 1. The van der Waals surface area contributed by atoms with Gasteiger partial charge >= 0.3 is 12.4 Å². The fourth-order valence-corrected chi connectivity index (χ4v) is 4.05. The largest absolute Gasteiger partial charge is 0.573 e. The van der Waals surface area contributed by atoms with Crippen LogP contribution in [0, 0.1) is 0 Å². The molecule has 1 aliphatic carbocycles. The SMILES string of the molecule is O=C(Nc1cccc(OC(F)(F)F)c1)NC1CCN(C/C2=C/CCCCCC2)CC1. The summed E-state index contributed by atoms with van der Waals surface area (Å²) in [6, 6.07) is 4.91. The minimum Gasteiger partial charge on any atom is -0.406 e. The number of ether oxygens (including phenoxy) is 1. The average Bonchev–Trinajstić information content (AvgIpc) is 2.64. The lowest BCUT2D eigenvalue weighted by Gasteiger charge is -2.33. The minimum absolute atomic E-state index is 0.0576. The lowest BCUT2D eigenvalue weighted by Crippen LogP contribution is -2.46. The Balaban J connectivity index is 1.41. The molecule has 166 valence electrons. The zero-order chi connectivity index (χ0) is 21.4. The number of rotatable bonds is 5. The van der Waals surface area contributed by atoms with Crippen molar-refractivity contribution in [3.8, 4) is 5.75 Å². The lowest BCUT2D eigenvalue weighted by molar-refractivity contribution is -0.274. The maximum Gasteiger partial charge on any atom is 0.573 e. The summed E-state index contributed by atoms with van der Waals surface area (Å²) in [5.41, 5.74) is 1.79. The third-order valence-corrected chi connectivity index (χ3v) is 5.56. The summed E-state index contributed by atoms with van der Waals surface area (Å²) >= 11 is 0. The molecule has 1 fully saturated rings. The number of urea groups is 1. The molecule has 1 aromatic carbocycles. The normalized spacial score (nSPS) is 21.1. The van der Waals surface area contributed by atoms with Crippen LogP contribution in [0.25, 0.3) is 0 Å². The summed E-state index contributed by atoms with van der Waals surface area (Å²) in [7, 11) is 0. The Morgan fingerprint density at radius 2 is 1.90 bits per heavy atom. The Hall–Kier alpha value is -2.22. The predicted molar refractivity (Wildman–Crippen MR) is 111 cm³/mol. The Morgan fingerprint density at radius 1 is 1.13 bits per heavy atom. The first-order chi connectivity index (χ1) is 14.4. The number of halogens is 3. The fourth-order valence-electron chi connectivity index (χ4n) is 4.05. The summed E-state index contributed by atoms with van der Waals surface area (Å²) in [6.07, 6.45) is 6.96. The number of hydrogen-bond donors (Lipinski definition) is 2. The molecule has 0 aromatic heterocycles. The smallest absolute Gasteiger partial charge is 0.406 e. The highest BCUT2D eigenvalue weighted by atomic mass is 19.4. The molecule has 1 heterocycles. The van der Waals surface area contributed by atoms with Crippen molar-refractivity contribution in [1.82, 2.24) is 10.2 Å². The van der Waals surface area contributed by atoms with Crippen LogP contribution >= 0.6 is 0 Å². The summed E-state index contributed by atoms with van der Waals surface area (Å²) in [5, 5.41) is 5.51. The van der Waals surface area contributed by atoms with Gasteiger partial charge in [0.05, 0.1) is 0 Å². The number of alkyl halides is 3. The fraction of sp³-hybridized carbons (Fsp3) is 0.591. The maximum atomic E-state index is 12.3. The van der Waals surface area contributed by atoms with Crippen LogP contribution in [0.15, 0.2) is 35.9 Å². The molecule has 0 bridgehead atoms. The highest BCUT2D eigenvalue weighted by Crippen LogP contribution is 2.25. The number of amides is 2. The van der Waals surface area contributed by atoms with Crippen molar-refractivity contribution >= 4 is 11.7 Å². The topological polar surface area (TPSA) is 53.6 Å². The molecule has 1 aliphatic heterocycles. The molecule has 1 aromatic rings. The number of hydrogen-bond acceptors (Lipinski definition) is 3. The van der Waals surface area contributed by atoms with Crippen molar-refractivity contribution in [2.24, 2.45) is 0 Å². The predicted octanol–water partition coefficient (Wildman–Crippen LogP) is 5.45. The third-order valence-electron chi connectivity index (χ3n) is 5.56. The molecular weight excluding hydrogens is 395 g/mol. The van der Waals surface area contributed by atoms with Crippen LogP contribution in [0.5, 0.6) is 5.75 Å². The quantitative estimate of drug-likeness (QED) is 0.617. The molecule has 0 saturated carbocycles. The van der Waals surface area contributed by atoms with Gasteiger partial charge in [0.25, 0.3) is 0 Å². The van der Waals surface area contributed by atoms with Crippen LogP contribution in [0.2, 0.25) is 0 Å². The number of piperidine rings is 1. The van der Waals surface area contributed by atoms with Gasteiger partial charge in [0.2, 0.25) is 0 Å². The standard InChI is InChI=1S/C22H30F3N3O2/c23-22(24,25)30-20-10-6-9-19(15-20)27-21(29)26-18-11-13-28(14-12-18)16-17-7-4-2-1-3-5-8-17/h6-7,9-10,15,18H,1-5,8,11-14,16H2,(H2,26,27,29)/b17-7+. The molecule has 2 aliphatic rings. The van der Waals surface area contributed by atoms with Crippen molar-refractivity contribution < 1.29 is 22.7 Å². The van der Waals surface area contributed by atoms with Crippen LogP contribution in [0.4, 0.5) is 23.7 Å². The number of benzene rings is 1. The summed E-state index contributed by atoms with van der Waals surface area (Å²) in [5.74, 6) is -0.364. The van der Waals surface area contributed by atoms with E-state index in [9.17, 15) is 18.0 Å². The van der Waals surface area contributed by atoms with E-state index in [1.807, 2.05) is 0 Å². The van der Waals surface area contributed by atoms with Crippen molar-refractivity contribution in [2.75, 3.05) is 25.0 Å². The Morgan fingerprint density at radius 3 is 2.67 bits per heavy atom. The van der Waals surface area contributed by atoms with Gasteiger partial charge < -0.3 is 15.4 Å². The number of likely N-dealkylation sites (tertiary alicyclic amines) is 1.